The Labute approximate surface area is 188 Å². The maximum Gasteiger partial charge on any atom is 0.251 e. The van der Waals surface area contributed by atoms with Gasteiger partial charge in [-0.2, -0.15) is 0 Å². The Morgan fingerprint density at radius 3 is 2.62 bits per heavy atom. The van der Waals surface area contributed by atoms with Crippen molar-refractivity contribution in [2.24, 2.45) is 5.92 Å². The first-order chi connectivity index (χ1) is 15.5. The standard InChI is InChI=1S/C26H28N4O2/c1-16(2)24-15-30(9-10-32-24)21-6-3-17(4-7-21)19-12-23(25(27)28-13-19)18-5-8-22-20(11-18)14-29-26(22)31/h3-8,11-13,16,24H,9-10,14-15H2,1-2H3,(H2,27,28)(H,29,31)/t24-/m0/s1. The van der Waals surface area contributed by atoms with Crippen LogP contribution in [0, 0.1) is 5.92 Å². The number of nitrogens with zero attached hydrogens (tertiary/aromatic N) is 2. The Kier molecular flexibility index (Phi) is 5.31. The minimum absolute atomic E-state index is 0.0218. The average Bonchev–Trinajstić information content (AvgIpc) is 3.19. The van der Waals surface area contributed by atoms with Gasteiger partial charge in [-0.05, 0) is 52.9 Å². The number of carbonyl (C=O) groups is 1. The van der Waals surface area contributed by atoms with Gasteiger partial charge in [-0.1, -0.05) is 32.0 Å². The number of nitrogens with two attached hydrogens (primary N) is 1. The van der Waals surface area contributed by atoms with Crippen molar-refractivity contribution in [1.82, 2.24) is 10.3 Å². The van der Waals surface area contributed by atoms with E-state index in [9.17, 15) is 4.79 Å². The highest BCUT2D eigenvalue weighted by Crippen LogP contribution is 2.32. The van der Waals surface area contributed by atoms with Gasteiger partial charge in [-0.3, -0.25) is 4.79 Å². The maximum atomic E-state index is 11.9. The molecule has 3 aromatic rings. The number of ether oxygens (including phenoxy) is 1. The molecule has 1 amide bonds. The first-order valence-electron chi connectivity index (χ1n) is 11.1. The van der Waals surface area contributed by atoms with Crippen LogP contribution in [0.1, 0.15) is 29.8 Å². The van der Waals surface area contributed by atoms with Crippen LogP contribution in [0.25, 0.3) is 22.3 Å². The second kappa shape index (κ2) is 8.28. The molecule has 164 valence electrons. The minimum atomic E-state index is -0.0218. The Balaban J connectivity index is 1.41. The number of anilines is 2. The quantitative estimate of drug-likeness (QED) is 0.654. The first kappa shape index (κ1) is 20.5. The van der Waals surface area contributed by atoms with E-state index < -0.39 is 0 Å². The fraction of sp³-hybridized carbons (Fsp3) is 0.308. The summed E-state index contributed by atoms with van der Waals surface area (Å²) < 4.78 is 5.90. The average molecular weight is 429 g/mol. The summed E-state index contributed by atoms with van der Waals surface area (Å²) in [5.41, 5.74) is 13.1. The lowest BCUT2D eigenvalue weighted by molar-refractivity contribution is 0.0114. The summed E-state index contributed by atoms with van der Waals surface area (Å²) in [6.45, 7) is 7.55. The molecule has 1 aromatic heterocycles. The fourth-order valence-corrected chi connectivity index (χ4v) is 4.44. The number of morpholine rings is 1. The summed E-state index contributed by atoms with van der Waals surface area (Å²) in [6.07, 6.45) is 2.08. The molecule has 2 aliphatic rings. The van der Waals surface area contributed by atoms with E-state index in [1.165, 1.54) is 5.69 Å². The third-order valence-corrected chi connectivity index (χ3v) is 6.42. The molecule has 2 aromatic carbocycles. The number of fused-ring (bicyclic) bond motifs is 1. The smallest absolute Gasteiger partial charge is 0.251 e. The highest BCUT2D eigenvalue weighted by molar-refractivity contribution is 5.99. The number of hydrogen-bond donors (Lipinski definition) is 2. The van der Waals surface area contributed by atoms with Crippen LogP contribution in [-0.4, -0.2) is 36.7 Å². The maximum absolute atomic E-state index is 11.9. The Hall–Kier alpha value is -3.38. The summed E-state index contributed by atoms with van der Waals surface area (Å²) in [6, 6.07) is 16.5. The van der Waals surface area contributed by atoms with Crippen molar-refractivity contribution >= 4 is 17.4 Å². The fourth-order valence-electron chi connectivity index (χ4n) is 4.44. The van der Waals surface area contributed by atoms with Gasteiger partial charge in [0.15, 0.2) is 0 Å². The van der Waals surface area contributed by atoms with E-state index in [0.717, 1.165) is 53.1 Å². The third-order valence-electron chi connectivity index (χ3n) is 6.42. The SMILES string of the molecule is CC(C)[C@@H]1CN(c2ccc(-c3cnc(N)c(-c4ccc5c(c4)CNC5=O)c3)cc2)CCO1. The number of rotatable bonds is 4. The zero-order valence-electron chi connectivity index (χ0n) is 18.5. The highest BCUT2D eigenvalue weighted by Gasteiger charge is 2.23. The summed E-state index contributed by atoms with van der Waals surface area (Å²) in [4.78, 5) is 18.7. The molecular formula is C26H28N4O2. The molecule has 0 unspecified atom stereocenters. The zero-order chi connectivity index (χ0) is 22.2. The topological polar surface area (TPSA) is 80.5 Å². The summed E-state index contributed by atoms with van der Waals surface area (Å²) in [5, 5.41) is 2.86. The molecule has 0 aliphatic carbocycles. The third kappa shape index (κ3) is 3.82. The van der Waals surface area contributed by atoms with Crippen LogP contribution in [0.4, 0.5) is 11.5 Å². The number of carbonyl (C=O) groups excluding carboxylic acids is 1. The van der Waals surface area contributed by atoms with E-state index in [1.54, 1.807) is 0 Å². The van der Waals surface area contributed by atoms with Gasteiger partial charge in [0, 0.05) is 48.2 Å². The van der Waals surface area contributed by atoms with Crippen molar-refractivity contribution in [1.29, 1.82) is 0 Å². The van der Waals surface area contributed by atoms with Gasteiger partial charge >= 0.3 is 0 Å². The molecule has 5 rings (SSSR count). The minimum Gasteiger partial charge on any atom is -0.383 e. The lowest BCUT2D eigenvalue weighted by atomic mass is 9.98. The van der Waals surface area contributed by atoms with Crippen LogP contribution < -0.4 is 16.0 Å². The second-order valence-corrected chi connectivity index (χ2v) is 8.86. The van der Waals surface area contributed by atoms with E-state index in [1.807, 2.05) is 24.4 Å². The number of nitrogens with one attached hydrogen (secondary N) is 1. The molecule has 6 heteroatoms. The van der Waals surface area contributed by atoms with E-state index in [0.29, 0.717) is 18.3 Å². The normalized spacial score (nSPS) is 18.0. The number of aromatic nitrogens is 1. The van der Waals surface area contributed by atoms with Crippen LogP contribution in [-0.2, 0) is 11.3 Å². The molecule has 1 saturated heterocycles. The van der Waals surface area contributed by atoms with Crippen molar-refractivity contribution in [3.63, 3.8) is 0 Å². The summed E-state index contributed by atoms with van der Waals surface area (Å²) >= 11 is 0. The van der Waals surface area contributed by atoms with Gasteiger partial charge in [0.2, 0.25) is 0 Å². The predicted octanol–water partition coefficient (Wildman–Crippen LogP) is 4.10. The van der Waals surface area contributed by atoms with Crippen LogP contribution in [0.15, 0.2) is 54.7 Å². The summed E-state index contributed by atoms with van der Waals surface area (Å²) in [5.74, 6) is 0.964. The predicted molar refractivity (Wildman–Crippen MR) is 127 cm³/mol. The van der Waals surface area contributed by atoms with Gasteiger partial charge < -0.3 is 20.7 Å². The molecule has 0 radical (unpaired) electrons. The van der Waals surface area contributed by atoms with E-state index in [4.69, 9.17) is 10.5 Å². The van der Waals surface area contributed by atoms with Crippen molar-refractivity contribution in [3.8, 4) is 22.3 Å². The van der Waals surface area contributed by atoms with Crippen molar-refractivity contribution in [2.75, 3.05) is 30.3 Å². The number of hydrogen-bond acceptors (Lipinski definition) is 5. The van der Waals surface area contributed by atoms with Gasteiger partial charge in [0.05, 0.1) is 12.7 Å². The van der Waals surface area contributed by atoms with Crippen LogP contribution in [0.5, 0.6) is 0 Å². The lowest BCUT2D eigenvalue weighted by Crippen LogP contribution is -2.44. The largest absolute Gasteiger partial charge is 0.383 e. The number of nitrogen functional groups attached to an aromatic ring is 1. The van der Waals surface area contributed by atoms with E-state index in [-0.39, 0.29) is 12.0 Å². The molecule has 3 N–H and O–H groups in total. The second-order valence-electron chi connectivity index (χ2n) is 8.86. The van der Waals surface area contributed by atoms with Crippen molar-refractivity contribution in [3.05, 3.63) is 65.9 Å². The van der Waals surface area contributed by atoms with Gasteiger partial charge in [-0.15, -0.1) is 0 Å². The molecule has 3 heterocycles. The van der Waals surface area contributed by atoms with Gasteiger partial charge in [0.1, 0.15) is 5.82 Å². The van der Waals surface area contributed by atoms with Gasteiger partial charge in [0.25, 0.3) is 5.91 Å². The van der Waals surface area contributed by atoms with Gasteiger partial charge in [-0.25, -0.2) is 4.98 Å². The lowest BCUT2D eigenvalue weighted by Gasteiger charge is -2.36. The van der Waals surface area contributed by atoms with Crippen LogP contribution in [0.2, 0.25) is 0 Å². The molecule has 0 saturated carbocycles. The molecule has 6 nitrogen and oxygen atoms in total. The summed E-state index contributed by atoms with van der Waals surface area (Å²) in [7, 11) is 0. The Bertz CT molecular complexity index is 1160. The van der Waals surface area contributed by atoms with Crippen molar-refractivity contribution < 1.29 is 9.53 Å². The number of amides is 1. The Morgan fingerprint density at radius 2 is 1.84 bits per heavy atom. The number of benzene rings is 2. The Morgan fingerprint density at radius 1 is 1.06 bits per heavy atom. The first-order valence-corrected chi connectivity index (χ1v) is 11.1. The van der Waals surface area contributed by atoms with E-state index >= 15 is 0 Å². The monoisotopic (exact) mass is 428 g/mol. The van der Waals surface area contributed by atoms with E-state index in [2.05, 4.69) is 59.4 Å². The number of pyridine rings is 1. The molecule has 32 heavy (non-hydrogen) atoms. The zero-order valence-corrected chi connectivity index (χ0v) is 18.5. The molecular weight excluding hydrogens is 400 g/mol. The molecule has 1 fully saturated rings. The highest BCUT2D eigenvalue weighted by atomic mass is 16.5. The van der Waals surface area contributed by atoms with Crippen molar-refractivity contribution in [2.45, 2.75) is 26.5 Å². The molecule has 0 bridgehead atoms. The molecule has 0 spiro atoms. The molecule has 1 atom stereocenters. The van der Waals surface area contributed by atoms with Crippen LogP contribution in [0.3, 0.4) is 0 Å². The van der Waals surface area contributed by atoms with Crippen LogP contribution >= 0.6 is 0 Å². The molecule has 2 aliphatic heterocycles.